The van der Waals surface area contributed by atoms with Gasteiger partial charge in [0.2, 0.25) is 17.7 Å². The predicted molar refractivity (Wildman–Crippen MR) is 158 cm³/mol. The van der Waals surface area contributed by atoms with Crippen molar-refractivity contribution in [2.75, 3.05) is 41.0 Å². The van der Waals surface area contributed by atoms with Crippen molar-refractivity contribution in [3.8, 4) is 17.2 Å². The monoisotopic (exact) mass is 582 g/mol. The minimum atomic E-state index is -1.17. The minimum Gasteiger partial charge on any atom is -0.493 e. The number of likely N-dealkylation sites (N-methyl/N-ethyl adjacent to an activating group) is 1. The lowest BCUT2D eigenvalue weighted by Gasteiger charge is -2.29. The Bertz CT molecular complexity index is 1250. The van der Waals surface area contributed by atoms with Crippen LogP contribution in [-0.4, -0.2) is 81.6 Å². The van der Waals surface area contributed by atoms with Crippen molar-refractivity contribution in [3.63, 3.8) is 0 Å². The molecule has 3 rings (SSSR count). The summed E-state index contributed by atoms with van der Waals surface area (Å²) in [5.74, 6) is -0.350. The molecule has 0 saturated carbocycles. The molecule has 42 heavy (non-hydrogen) atoms. The number of amides is 4. The highest BCUT2D eigenvalue weighted by Crippen LogP contribution is 2.28. The van der Waals surface area contributed by atoms with E-state index in [0.29, 0.717) is 43.1 Å². The van der Waals surface area contributed by atoms with E-state index in [1.165, 1.54) is 4.90 Å². The molecule has 3 atom stereocenters. The zero-order chi connectivity index (χ0) is 30.6. The molecule has 1 heterocycles. The fourth-order valence-electron chi connectivity index (χ4n) is 4.63. The fraction of sp³-hybridized carbons (Fsp3) is 0.484. The maximum absolute atomic E-state index is 13.3. The average molecular weight is 583 g/mol. The lowest BCUT2D eigenvalue weighted by Crippen LogP contribution is -2.54. The standard InChI is InChI=1S/C31H42N4O7/c1-6-20(2)28-31(39)35(3)16-17-42-24-12-8-7-11-22(24)29(37)33-23(19-27(36)34-28)30(38)32-15-9-10-21-13-14-25(40-4)26(18-21)41-5/h7-8,11-14,18,20,23,28H,6,9-10,15-17,19H2,1-5H3,(H,32,38)(H,33,37)(H,34,36)/t20-,23-,28-/m0/s1. The second-order valence-corrected chi connectivity index (χ2v) is 10.3. The molecule has 0 unspecified atom stereocenters. The van der Waals surface area contributed by atoms with E-state index in [0.717, 1.165) is 5.56 Å². The van der Waals surface area contributed by atoms with Gasteiger partial charge >= 0.3 is 0 Å². The zero-order valence-corrected chi connectivity index (χ0v) is 25.0. The Kier molecular flexibility index (Phi) is 12.0. The van der Waals surface area contributed by atoms with Gasteiger partial charge in [-0.3, -0.25) is 19.2 Å². The lowest BCUT2D eigenvalue weighted by atomic mass is 9.97. The molecule has 2 aromatic rings. The van der Waals surface area contributed by atoms with Gasteiger partial charge in [0, 0.05) is 13.6 Å². The molecule has 0 aromatic heterocycles. The molecule has 11 nitrogen and oxygen atoms in total. The predicted octanol–water partition coefficient (Wildman–Crippen LogP) is 2.32. The van der Waals surface area contributed by atoms with E-state index in [2.05, 4.69) is 16.0 Å². The van der Waals surface area contributed by atoms with Crippen LogP contribution in [-0.2, 0) is 20.8 Å². The summed E-state index contributed by atoms with van der Waals surface area (Å²) in [5.41, 5.74) is 1.24. The Labute approximate surface area is 247 Å². The minimum absolute atomic E-state index is 0.142. The van der Waals surface area contributed by atoms with Crippen LogP contribution in [0.1, 0.15) is 49.0 Å². The Morgan fingerprint density at radius 3 is 2.55 bits per heavy atom. The molecule has 0 saturated heterocycles. The highest BCUT2D eigenvalue weighted by Gasteiger charge is 2.32. The molecule has 0 fully saturated rings. The number of nitrogens with zero attached hydrogens (tertiary/aromatic N) is 1. The topological polar surface area (TPSA) is 135 Å². The van der Waals surface area contributed by atoms with Crippen LogP contribution in [0, 0.1) is 5.92 Å². The second-order valence-electron chi connectivity index (χ2n) is 10.3. The Morgan fingerprint density at radius 1 is 1.10 bits per heavy atom. The van der Waals surface area contributed by atoms with Crippen molar-refractivity contribution in [2.45, 2.75) is 51.6 Å². The molecule has 0 spiro atoms. The van der Waals surface area contributed by atoms with Gasteiger partial charge in [0.15, 0.2) is 11.5 Å². The van der Waals surface area contributed by atoms with Crippen LogP contribution in [0.4, 0.5) is 0 Å². The van der Waals surface area contributed by atoms with Gasteiger partial charge in [-0.25, -0.2) is 0 Å². The maximum Gasteiger partial charge on any atom is 0.255 e. The van der Waals surface area contributed by atoms with E-state index in [1.54, 1.807) is 45.5 Å². The van der Waals surface area contributed by atoms with Crippen LogP contribution >= 0.6 is 0 Å². The number of nitrogens with one attached hydrogen (secondary N) is 3. The van der Waals surface area contributed by atoms with Crippen molar-refractivity contribution >= 4 is 23.6 Å². The van der Waals surface area contributed by atoms with E-state index >= 15 is 0 Å². The Morgan fingerprint density at radius 2 is 1.83 bits per heavy atom. The molecule has 1 aliphatic heterocycles. The Balaban J connectivity index is 1.76. The third-order valence-electron chi connectivity index (χ3n) is 7.39. The third-order valence-corrected chi connectivity index (χ3v) is 7.39. The van der Waals surface area contributed by atoms with Gasteiger partial charge in [-0.1, -0.05) is 38.5 Å². The number of ether oxygens (including phenoxy) is 3. The molecule has 11 heteroatoms. The Hall–Kier alpha value is -4.28. The number of fused-ring (bicyclic) bond motifs is 1. The smallest absolute Gasteiger partial charge is 0.255 e. The van der Waals surface area contributed by atoms with Crippen LogP contribution in [0.5, 0.6) is 17.2 Å². The molecule has 3 N–H and O–H groups in total. The molecule has 2 aromatic carbocycles. The number of rotatable bonds is 9. The fourth-order valence-corrected chi connectivity index (χ4v) is 4.63. The van der Waals surface area contributed by atoms with Gasteiger partial charge < -0.3 is 35.1 Å². The summed E-state index contributed by atoms with van der Waals surface area (Å²) in [7, 11) is 4.79. The highest BCUT2D eigenvalue weighted by molar-refractivity contribution is 6.01. The van der Waals surface area contributed by atoms with E-state index in [9.17, 15) is 19.2 Å². The quantitative estimate of drug-likeness (QED) is 0.386. The van der Waals surface area contributed by atoms with Gasteiger partial charge in [-0.2, -0.15) is 0 Å². The molecule has 0 bridgehead atoms. The van der Waals surface area contributed by atoms with Crippen LogP contribution < -0.4 is 30.2 Å². The number of carbonyl (C=O) groups excluding carboxylic acids is 4. The SMILES string of the molecule is CC[C@H](C)[C@@H]1NC(=O)C[C@@H](C(=O)NCCCc2ccc(OC)c(OC)c2)NC(=O)c2ccccc2OCCN(C)C1=O. The van der Waals surface area contributed by atoms with Gasteiger partial charge in [-0.15, -0.1) is 0 Å². The summed E-state index contributed by atoms with van der Waals surface area (Å²) in [4.78, 5) is 54.5. The number of methoxy groups -OCH3 is 2. The first-order valence-corrected chi connectivity index (χ1v) is 14.2. The molecule has 228 valence electrons. The van der Waals surface area contributed by atoms with Crippen LogP contribution in [0.3, 0.4) is 0 Å². The first-order valence-electron chi connectivity index (χ1n) is 14.2. The number of benzene rings is 2. The van der Waals surface area contributed by atoms with Crippen molar-refractivity contribution < 1.29 is 33.4 Å². The van der Waals surface area contributed by atoms with Crippen molar-refractivity contribution in [1.82, 2.24) is 20.9 Å². The van der Waals surface area contributed by atoms with Gasteiger partial charge in [0.05, 0.1) is 32.7 Å². The van der Waals surface area contributed by atoms with E-state index in [-0.39, 0.29) is 37.0 Å². The lowest BCUT2D eigenvalue weighted by molar-refractivity contribution is -0.137. The molecular formula is C31H42N4O7. The van der Waals surface area contributed by atoms with Crippen LogP contribution in [0.15, 0.2) is 42.5 Å². The van der Waals surface area contributed by atoms with Crippen molar-refractivity contribution in [3.05, 3.63) is 53.6 Å². The average Bonchev–Trinajstić information content (AvgIpc) is 3.00. The summed E-state index contributed by atoms with van der Waals surface area (Å²) >= 11 is 0. The summed E-state index contributed by atoms with van der Waals surface area (Å²) in [6, 6.07) is 10.4. The number of para-hydroxylation sites is 1. The summed E-state index contributed by atoms with van der Waals surface area (Å²) < 4.78 is 16.5. The first kappa shape index (κ1) is 32.2. The molecule has 1 aliphatic rings. The summed E-state index contributed by atoms with van der Waals surface area (Å²) in [5, 5.41) is 8.35. The number of carbonyl (C=O) groups is 4. The number of hydrogen-bond donors (Lipinski definition) is 3. The van der Waals surface area contributed by atoms with Crippen LogP contribution in [0.2, 0.25) is 0 Å². The molecular weight excluding hydrogens is 540 g/mol. The molecule has 0 aliphatic carbocycles. The number of hydrogen-bond acceptors (Lipinski definition) is 7. The first-order chi connectivity index (χ1) is 20.2. The summed E-state index contributed by atoms with van der Waals surface area (Å²) in [6.07, 6.45) is 1.60. The van der Waals surface area contributed by atoms with Crippen molar-refractivity contribution in [1.29, 1.82) is 0 Å². The van der Waals surface area contributed by atoms with Crippen molar-refractivity contribution in [2.24, 2.45) is 5.92 Å². The summed E-state index contributed by atoms with van der Waals surface area (Å²) in [6.45, 7) is 4.56. The van der Waals surface area contributed by atoms with Gasteiger partial charge in [0.25, 0.3) is 5.91 Å². The van der Waals surface area contributed by atoms with Gasteiger partial charge in [-0.05, 0) is 48.6 Å². The van der Waals surface area contributed by atoms with Crippen LogP contribution in [0.25, 0.3) is 0 Å². The normalized spacial score (nSPS) is 18.9. The van der Waals surface area contributed by atoms with E-state index in [4.69, 9.17) is 14.2 Å². The molecule has 4 amide bonds. The largest absolute Gasteiger partial charge is 0.493 e. The molecule has 0 radical (unpaired) electrons. The third kappa shape index (κ3) is 8.61. The maximum atomic E-state index is 13.3. The number of aryl methyl sites for hydroxylation is 1. The highest BCUT2D eigenvalue weighted by atomic mass is 16.5. The van der Waals surface area contributed by atoms with E-state index in [1.807, 2.05) is 32.0 Å². The van der Waals surface area contributed by atoms with E-state index < -0.39 is 29.8 Å². The zero-order valence-electron chi connectivity index (χ0n) is 25.0. The second kappa shape index (κ2) is 15.6. The van der Waals surface area contributed by atoms with Gasteiger partial charge in [0.1, 0.15) is 24.4 Å².